The molecule has 1 atom stereocenters. The summed E-state index contributed by atoms with van der Waals surface area (Å²) in [7, 11) is 0. The number of fused-ring (bicyclic) bond motifs is 1. The summed E-state index contributed by atoms with van der Waals surface area (Å²) >= 11 is 0. The number of para-hydroxylation sites is 1. The van der Waals surface area contributed by atoms with Crippen molar-refractivity contribution in [3.8, 4) is 0 Å². The Morgan fingerprint density at radius 2 is 2.12 bits per heavy atom. The van der Waals surface area contributed by atoms with E-state index in [9.17, 15) is 0 Å². The topological polar surface area (TPSA) is 37.0 Å². The van der Waals surface area contributed by atoms with Gasteiger partial charge in [-0.1, -0.05) is 18.2 Å². The molecule has 2 aromatic rings. The number of benzene rings is 1. The van der Waals surface area contributed by atoms with Crippen LogP contribution in [0.15, 0.2) is 24.3 Å². The molecule has 17 heavy (non-hydrogen) atoms. The molecule has 0 bridgehead atoms. The molecule has 1 fully saturated rings. The molecule has 1 aromatic heterocycles. The SMILES string of the molecule is Cc1[nH]c2ccccc2c1[C@H]1COCCN1.Cl. The van der Waals surface area contributed by atoms with Gasteiger partial charge in [0.1, 0.15) is 0 Å². The number of rotatable bonds is 1. The van der Waals surface area contributed by atoms with Crippen molar-refractivity contribution in [1.82, 2.24) is 10.3 Å². The first-order chi connectivity index (χ1) is 7.86. The lowest BCUT2D eigenvalue weighted by atomic mass is 10.0. The number of H-pyrrole nitrogens is 1. The second-order valence-electron chi connectivity index (χ2n) is 4.29. The van der Waals surface area contributed by atoms with Crippen molar-refractivity contribution >= 4 is 23.3 Å². The summed E-state index contributed by atoms with van der Waals surface area (Å²) in [5.41, 5.74) is 3.81. The molecule has 1 aliphatic heterocycles. The second-order valence-corrected chi connectivity index (χ2v) is 4.29. The summed E-state index contributed by atoms with van der Waals surface area (Å²) in [5.74, 6) is 0. The van der Waals surface area contributed by atoms with Crippen LogP contribution in [0.5, 0.6) is 0 Å². The average molecular weight is 253 g/mol. The molecule has 0 unspecified atom stereocenters. The van der Waals surface area contributed by atoms with E-state index in [2.05, 4.69) is 41.5 Å². The molecular weight excluding hydrogens is 236 g/mol. The number of hydrogen-bond donors (Lipinski definition) is 2. The Labute approximate surface area is 107 Å². The molecule has 0 aliphatic carbocycles. The predicted molar refractivity (Wildman–Crippen MR) is 71.8 cm³/mol. The summed E-state index contributed by atoms with van der Waals surface area (Å²) in [6.45, 7) is 4.65. The first-order valence-electron chi connectivity index (χ1n) is 5.74. The molecular formula is C13H17ClN2O. The largest absolute Gasteiger partial charge is 0.378 e. The first kappa shape index (κ1) is 12.4. The van der Waals surface area contributed by atoms with Crippen LogP contribution in [0.3, 0.4) is 0 Å². The van der Waals surface area contributed by atoms with Gasteiger partial charge >= 0.3 is 0 Å². The Morgan fingerprint density at radius 3 is 2.88 bits per heavy atom. The van der Waals surface area contributed by atoms with Gasteiger partial charge in [-0.2, -0.15) is 0 Å². The standard InChI is InChI=1S/C13H16N2O.ClH/c1-9-13(12-8-16-7-6-14-12)10-4-2-3-5-11(10)15-9;/h2-5,12,14-15H,6-8H2,1H3;1H/t12-;/m1./s1. The molecule has 3 nitrogen and oxygen atoms in total. The zero-order chi connectivity index (χ0) is 11.0. The van der Waals surface area contributed by atoms with Gasteiger partial charge in [-0.05, 0) is 18.6 Å². The number of aryl methyl sites for hydroxylation is 1. The summed E-state index contributed by atoms with van der Waals surface area (Å²) in [5, 5.41) is 4.82. The lowest BCUT2D eigenvalue weighted by molar-refractivity contribution is 0.0771. The highest BCUT2D eigenvalue weighted by atomic mass is 35.5. The van der Waals surface area contributed by atoms with E-state index < -0.39 is 0 Å². The smallest absolute Gasteiger partial charge is 0.0663 e. The van der Waals surface area contributed by atoms with Crippen molar-refractivity contribution in [2.75, 3.05) is 19.8 Å². The van der Waals surface area contributed by atoms with Crippen molar-refractivity contribution in [1.29, 1.82) is 0 Å². The third-order valence-corrected chi connectivity index (χ3v) is 3.21. The van der Waals surface area contributed by atoms with Crippen molar-refractivity contribution in [2.45, 2.75) is 13.0 Å². The number of nitrogens with one attached hydrogen (secondary N) is 2. The fourth-order valence-corrected chi connectivity index (χ4v) is 2.50. The maximum atomic E-state index is 5.53. The molecule has 4 heteroatoms. The zero-order valence-corrected chi connectivity index (χ0v) is 10.6. The minimum atomic E-state index is 0. The van der Waals surface area contributed by atoms with Gasteiger partial charge in [0, 0.05) is 23.1 Å². The van der Waals surface area contributed by atoms with E-state index in [1.807, 2.05) is 0 Å². The summed E-state index contributed by atoms with van der Waals surface area (Å²) < 4.78 is 5.53. The maximum absolute atomic E-state index is 5.53. The Balaban J connectivity index is 0.00000108. The highest BCUT2D eigenvalue weighted by molar-refractivity contribution is 5.85. The highest BCUT2D eigenvalue weighted by Crippen LogP contribution is 2.28. The Morgan fingerprint density at radius 1 is 1.29 bits per heavy atom. The van der Waals surface area contributed by atoms with Crippen LogP contribution < -0.4 is 5.32 Å². The lowest BCUT2D eigenvalue weighted by Crippen LogP contribution is -2.34. The monoisotopic (exact) mass is 252 g/mol. The number of aromatic amines is 1. The second kappa shape index (κ2) is 5.08. The zero-order valence-electron chi connectivity index (χ0n) is 9.82. The van der Waals surface area contributed by atoms with Crippen LogP contribution in [-0.4, -0.2) is 24.7 Å². The number of hydrogen-bond acceptors (Lipinski definition) is 2. The molecule has 1 saturated heterocycles. The molecule has 0 saturated carbocycles. The minimum Gasteiger partial charge on any atom is -0.378 e. The molecule has 3 rings (SSSR count). The van der Waals surface area contributed by atoms with Crippen molar-refractivity contribution in [2.24, 2.45) is 0 Å². The predicted octanol–water partition coefficient (Wildman–Crippen LogP) is 2.56. The van der Waals surface area contributed by atoms with Gasteiger partial charge in [0.2, 0.25) is 0 Å². The third kappa shape index (κ3) is 2.18. The number of aromatic nitrogens is 1. The molecule has 0 amide bonds. The third-order valence-electron chi connectivity index (χ3n) is 3.21. The van der Waals surface area contributed by atoms with Crippen LogP contribution in [0.25, 0.3) is 10.9 Å². The van der Waals surface area contributed by atoms with Crippen LogP contribution in [0.2, 0.25) is 0 Å². The van der Waals surface area contributed by atoms with Crippen LogP contribution in [-0.2, 0) is 4.74 Å². The fraction of sp³-hybridized carbons (Fsp3) is 0.385. The minimum absolute atomic E-state index is 0. The van der Waals surface area contributed by atoms with Crippen LogP contribution in [0.4, 0.5) is 0 Å². The van der Waals surface area contributed by atoms with E-state index in [1.165, 1.54) is 22.2 Å². The molecule has 92 valence electrons. The summed E-state index contributed by atoms with van der Waals surface area (Å²) in [6.07, 6.45) is 0. The molecule has 2 N–H and O–H groups in total. The Bertz CT molecular complexity index is 503. The highest BCUT2D eigenvalue weighted by Gasteiger charge is 2.20. The van der Waals surface area contributed by atoms with Crippen LogP contribution in [0, 0.1) is 6.92 Å². The molecule has 0 radical (unpaired) electrons. The van der Waals surface area contributed by atoms with Gasteiger partial charge in [0.05, 0.1) is 19.3 Å². The van der Waals surface area contributed by atoms with Gasteiger partial charge in [-0.15, -0.1) is 12.4 Å². The normalized spacial score (nSPS) is 20.2. The van der Waals surface area contributed by atoms with Crippen molar-refractivity contribution in [3.63, 3.8) is 0 Å². The first-order valence-corrected chi connectivity index (χ1v) is 5.74. The Hall–Kier alpha value is -1.03. The van der Waals surface area contributed by atoms with E-state index in [1.54, 1.807) is 0 Å². The van der Waals surface area contributed by atoms with E-state index in [4.69, 9.17) is 4.74 Å². The van der Waals surface area contributed by atoms with Gasteiger partial charge in [0.25, 0.3) is 0 Å². The summed E-state index contributed by atoms with van der Waals surface area (Å²) in [6, 6.07) is 8.76. The van der Waals surface area contributed by atoms with Gasteiger partial charge in [-0.25, -0.2) is 0 Å². The molecule has 2 heterocycles. The lowest BCUT2D eigenvalue weighted by Gasteiger charge is -2.24. The van der Waals surface area contributed by atoms with Crippen LogP contribution in [0.1, 0.15) is 17.3 Å². The number of ether oxygens (including phenoxy) is 1. The van der Waals surface area contributed by atoms with Gasteiger partial charge in [-0.3, -0.25) is 0 Å². The molecule has 1 aromatic carbocycles. The molecule has 0 spiro atoms. The van der Waals surface area contributed by atoms with E-state index in [-0.39, 0.29) is 12.4 Å². The van der Waals surface area contributed by atoms with Gasteiger partial charge in [0.15, 0.2) is 0 Å². The fourth-order valence-electron chi connectivity index (χ4n) is 2.50. The van der Waals surface area contributed by atoms with Gasteiger partial charge < -0.3 is 15.0 Å². The number of halogens is 1. The van der Waals surface area contributed by atoms with E-state index in [0.29, 0.717) is 6.04 Å². The molecule has 1 aliphatic rings. The van der Waals surface area contributed by atoms with Crippen molar-refractivity contribution < 1.29 is 4.74 Å². The van der Waals surface area contributed by atoms with E-state index in [0.717, 1.165) is 19.8 Å². The number of morpholine rings is 1. The van der Waals surface area contributed by atoms with E-state index >= 15 is 0 Å². The summed E-state index contributed by atoms with van der Waals surface area (Å²) in [4.78, 5) is 3.43. The van der Waals surface area contributed by atoms with Crippen LogP contribution >= 0.6 is 12.4 Å². The van der Waals surface area contributed by atoms with Crippen molar-refractivity contribution in [3.05, 3.63) is 35.5 Å². The maximum Gasteiger partial charge on any atom is 0.0663 e. The quantitative estimate of drug-likeness (QED) is 0.819. The average Bonchev–Trinajstić information content (AvgIpc) is 2.66. The Kier molecular flexibility index (Phi) is 3.72.